The maximum absolute atomic E-state index is 11.3. The highest BCUT2D eigenvalue weighted by Gasteiger charge is 2.44. The smallest absolute Gasteiger partial charge is 0.106 e. The molecule has 4 heteroatoms. The Bertz CT molecular complexity index is 192. The second kappa shape index (κ2) is 3.49. The van der Waals surface area contributed by atoms with Crippen LogP contribution in [0.5, 0.6) is 0 Å². The van der Waals surface area contributed by atoms with Gasteiger partial charge < -0.3 is 14.0 Å². The van der Waals surface area contributed by atoms with Crippen LogP contribution in [0.3, 0.4) is 0 Å². The normalized spacial score (nSPS) is 20.9. The van der Waals surface area contributed by atoms with Crippen molar-refractivity contribution in [2.45, 2.75) is 18.4 Å². The lowest BCUT2D eigenvalue weighted by Gasteiger charge is -2.16. The fraction of sp³-hybridized carbons (Fsp3) is 1.00. The fourth-order valence-corrected chi connectivity index (χ4v) is 1.61. The molecule has 1 saturated carbocycles. The third-order valence-electron chi connectivity index (χ3n) is 1.90. The summed E-state index contributed by atoms with van der Waals surface area (Å²) in [6, 6.07) is 0. The molecule has 0 radical (unpaired) electrons. The van der Waals surface area contributed by atoms with Crippen LogP contribution in [0.15, 0.2) is 0 Å². The topological polar surface area (TPSA) is 35.5 Å². The van der Waals surface area contributed by atoms with Crippen LogP contribution in [-0.4, -0.2) is 39.0 Å². The van der Waals surface area contributed by atoms with E-state index in [-0.39, 0.29) is 5.60 Å². The van der Waals surface area contributed by atoms with Gasteiger partial charge in [0.1, 0.15) is 13.5 Å². The minimum absolute atomic E-state index is 0.0869. The molecule has 0 saturated heterocycles. The zero-order valence-electron chi connectivity index (χ0n) is 8.00. The number of hydrogen-bond donors (Lipinski definition) is 0. The van der Waals surface area contributed by atoms with E-state index in [0.29, 0.717) is 13.0 Å². The molecule has 0 amide bonds. The van der Waals surface area contributed by atoms with Crippen LogP contribution in [0.4, 0.5) is 0 Å². The summed E-state index contributed by atoms with van der Waals surface area (Å²) in [4.78, 5) is 0. The van der Waals surface area contributed by atoms with Crippen LogP contribution in [0.1, 0.15) is 12.8 Å². The predicted octanol–water partition coefficient (Wildman–Crippen LogP) is 1.76. The minimum atomic E-state index is -2.02. The SMILES string of the molecule is COCC1(OCP(C)(C)=O)CC1. The van der Waals surface area contributed by atoms with E-state index in [4.69, 9.17) is 9.47 Å². The molecular formula is C8H17O3P. The van der Waals surface area contributed by atoms with Crippen molar-refractivity contribution in [3.05, 3.63) is 0 Å². The van der Waals surface area contributed by atoms with Crippen molar-refractivity contribution in [2.24, 2.45) is 0 Å². The van der Waals surface area contributed by atoms with E-state index in [9.17, 15) is 4.57 Å². The summed E-state index contributed by atoms with van der Waals surface area (Å²) < 4.78 is 21.9. The van der Waals surface area contributed by atoms with Gasteiger partial charge in [-0.15, -0.1) is 0 Å². The number of ether oxygens (including phenoxy) is 2. The van der Waals surface area contributed by atoms with Gasteiger partial charge in [0.25, 0.3) is 0 Å². The highest BCUT2D eigenvalue weighted by atomic mass is 31.2. The summed E-state index contributed by atoms with van der Waals surface area (Å²) in [5.74, 6) is 0. The fourth-order valence-electron chi connectivity index (χ4n) is 1.03. The van der Waals surface area contributed by atoms with Gasteiger partial charge in [-0.05, 0) is 26.2 Å². The summed E-state index contributed by atoms with van der Waals surface area (Å²) in [6.45, 7) is 4.12. The van der Waals surface area contributed by atoms with Gasteiger partial charge in [-0.3, -0.25) is 0 Å². The molecule has 0 bridgehead atoms. The first-order valence-electron chi connectivity index (χ1n) is 4.14. The Balaban J connectivity index is 2.27. The maximum atomic E-state index is 11.3. The molecule has 1 fully saturated rings. The molecule has 0 aromatic heterocycles. The lowest BCUT2D eigenvalue weighted by atomic mass is 10.4. The van der Waals surface area contributed by atoms with Crippen molar-refractivity contribution in [3.8, 4) is 0 Å². The van der Waals surface area contributed by atoms with Gasteiger partial charge in [0.15, 0.2) is 0 Å². The first kappa shape index (κ1) is 10.2. The molecule has 0 atom stereocenters. The van der Waals surface area contributed by atoms with Gasteiger partial charge in [-0.2, -0.15) is 0 Å². The Morgan fingerprint density at radius 2 is 2.00 bits per heavy atom. The Labute approximate surface area is 73.8 Å². The Kier molecular flexibility index (Phi) is 2.97. The van der Waals surface area contributed by atoms with Crippen molar-refractivity contribution in [3.63, 3.8) is 0 Å². The van der Waals surface area contributed by atoms with Crippen LogP contribution < -0.4 is 0 Å². The summed E-state index contributed by atoms with van der Waals surface area (Å²) in [5, 5.41) is 0. The average molecular weight is 192 g/mol. The molecule has 1 rings (SSSR count). The molecule has 72 valence electrons. The lowest BCUT2D eigenvalue weighted by Crippen LogP contribution is -2.21. The Hall–Kier alpha value is 0.150. The van der Waals surface area contributed by atoms with Crippen LogP contribution in [0.2, 0.25) is 0 Å². The van der Waals surface area contributed by atoms with Crippen molar-refractivity contribution in [1.29, 1.82) is 0 Å². The molecule has 12 heavy (non-hydrogen) atoms. The van der Waals surface area contributed by atoms with Crippen molar-refractivity contribution < 1.29 is 14.0 Å². The van der Waals surface area contributed by atoms with Gasteiger partial charge in [0.05, 0.1) is 12.2 Å². The third-order valence-corrected chi connectivity index (χ3v) is 2.65. The van der Waals surface area contributed by atoms with E-state index in [2.05, 4.69) is 0 Å². The lowest BCUT2D eigenvalue weighted by molar-refractivity contribution is -0.000753. The van der Waals surface area contributed by atoms with Crippen molar-refractivity contribution in [2.75, 3.05) is 33.4 Å². The molecule has 0 aromatic carbocycles. The molecular weight excluding hydrogens is 175 g/mol. The quantitative estimate of drug-likeness (QED) is 0.622. The molecule has 0 aliphatic heterocycles. The van der Waals surface area contributed by atoms with E-state index in [0.717, 1.165) is 12.8 Å². The second-order valence-corrected chi connectivity index (χ2v) is 7.37. The maximum Gasteiger partial charge on any atom is 0.106 e. The molecule has 0 N–H and O–H groups in total. The average Bonchev–Trinajstić information content (AvgIpc) is 2.65. The van der Waals surface area contributed by atoms with E-state index < -0.39 is 7.14 Å². The van der Waals surface area contributed by atoms with Crippen LogP contribution in [-0.2, 0) is 14.0 Å². The minimum Gasteiger partial charge on any atom is -0.382 e. The third kappa shape index (κ3) is 3.26. The molecule has 3 nitrogen and oxygen atoms in total. The first-order valence-corrected chi connectivity index (χ1v) is 6.93. The molecule has 0 heterocycles. The summed E-state index contributed by atoms with van der Waals surface area (Å²) in [6.07, 6.45) is 2.47. The van der Waals surface area contributed by atoms with Gasteiger partial charge in [-0.1, -0.05) is 0 Å². The van der Waals surface area contributed by atoms with Crippen LogP contribution in [0.25, 0.3) is 0 Å². The highest BCUT2D eigenvalue weighted by Crippen LogP contribution is 2.45. The molecule has 1 aliphatic carbocycles. The zero-order valence-corrected chi connectivity index (χ0v) is 8.89. The van der Waals surface area contributed by atoms with Crippen LogP contribution >= 0.6 is 7.14 Å². The summed E-state index contributed by atoms with van der Waals surface area (Å²) in [7, 11) is -0.356. The first-order chi connectivity index (χ1) is 5.47. The van der Waals surface area contributed by atoms with E-state index in [1.165, 1.54) is 0 Å². The second-order valence-electron chi connectivity index (χ2n) is 3.96. The molecule has 0 aromatic rings. The van der Waals surface area contributed by atoms with E-state index in [1.54, 1.807) is 20.4 Å². The summed E-state index contributed by atoms with van der Waals surface area (Å²) in [5.41, 5.74) is -0.0869. The Morgan fingerprint density at radius 3 is 2.33 bits per heavy atom. The van der Waals surface area contributed by atoms with Gasteiger partial charge >= 0.3 is 0 Å². The van der Waals surface area contributed by atoms with Crippen LogP contribution in [0, 0.1) is 0 Å². The highest BCUT2D eigenvalue weighted by molar-refractivity contribution is 7.62. The van der Waals surface area contributed by atoms with E-state index >= 15 is 0 Å². The number of hydrogen-bond acceptors (Lipinski definition) is 3. The van der Waals surface area contributed by atoms with Crippen molar-refractivity contribution >= 4 is 7.14 Å². The Morgan fingerprint density at radius 1 is 1.42 bits per heavy atom. The van der Waals surface area contributed by atoms with Gasteiger partial charge in [0.2, 0.25) is 0 Å². The van der Waals surface area contributed by atoms with E-state index in [1.807, 2.05) is 0 Å². The van der Waals surface area contributed by atoms with Gasteiger partial charge in [0, 0.05) is 7.11 Å². The number of methoxy groups -OCH3 is 1. The summed E-state index contributed by atoms with van der Waals surface area (Å²) >= 11 is 0. The van der Waals surface area contributed by atoms with Crippen molar-refractivity contribution in [1.82, 2.24) is 0 Å². The van der Waals surface area contributed by atoms with Gasteiger partial charge in [-0.25, -0.2) is 0 Å². The standard InChI is InChI=1S/C8H17O3P/c1-10-6-8(4-5-8)11-7-12(2,3)9/h4-7H2,1-3H3. The predicted molar refractivity (Wildman–Crippen MR) is 49.2 cm³/mol. The monoisotopic (exact) mass is 192 g/mol. The zero-order chi connectivity index (χ0) is 9.24. The molecule has 0 spiro atoms. The largest absolute Gasteiger partial charge is 0.382 e. The molecule has 0 unspecified atom stereocenters. The molecule has 1 aliphatic rings. The number of rotatable bonds is 5.